The van der Waals surface area contributed by atoms with Gasteiger partial charge in [-0.2, -0.15) is 0 Å². The second-order valence-electron chi connectivity index (χ2n) is 5.53. The maximum absolute atomic E-state index is 11.9. The van der Waals surface area contributed by atoms with E-state index in [2.05, 4.69) is 29.7 Å². The molecule has 3 heteroatoms. The van der Waals surface area contributed by atoms with Crippen LogP contribution < -0.4 is 10.6 Å². The Morgan fingerprint density at radius 2 is 2.21 bits per heavy atom. The molecule has 1 saturated heterocycles. The number of amides is 1. The van der Waals surface area contributed by atoms with Crippen LogP contribution in [0.15, 0.2) is 30.3 Å². The van der Waals surface area contributed by atoms with Gasteiger partial charge >= 0.3 is 0 Å². The first kappa shape index (κ1) is 14.1. The van der Waals surface area contributed by atoms with Gasteiger partial charge < -0.3 is 10.6 Å². The van der Waals surface area contributed by atoms with Crippen LogP contribution in [0.5, 0.6) is 0 Å². The number of hydrogen-bond acceptors (Lipinski definition) is 2. The van der Waals surface area contributed by atoms with Gasteiger partial charge in [0.15, 0.2) is 0 Å². The summed E-state index contributed by atoms with van der Waals surface area (Å²) in [5.41, 5.74) is 1.23. The van der Waals surface area contributed by atoms with Crippen LogP contribution in [0.25, 0.3) is 0 Å². The van der Waals surface area contributed by atoms with Gasteiger partial charge in [0.2, 0.25) is 5.91 Å². The number of piperidine rings is 1. The third-order valence-corrected chi connectivity index (χ3v) is 3.85. The Morgan fingerprint density at radius 1 is 1.42 bits per heavy atom. The van der Waals surface area contributed by atoms with E-state index in [1.807, 2.05) is 18.2 Å². The predicted octanol–water partition coefficient (Wildman–Crippen LogP) is 2.30. The molecule has 2 rings (SSSR count). The molecule has 2 N–H and O–H groups in total. The number of hydrogen-bond donors (Lipinski definition) is 2. The van der Waals surface area contributed by atoms with Crippen LogP contribution in [0.2, 0.25) is 0 Å². The van der Waals surface area contributed by atoms with Crippen LogP contribution in [0.1, 0.15) is 37.7 Å². The SMILES string of the molecule is CC(CC(=O)NCC1CCCNC1)c1ccccc1. The molecular formula is C16H24N2O. The van der Waals surface area contributed by atoms with Gasteiger partial charge in [-0.3, -0.25) is 4.79 Å². The standard InChI is InChI=1S/C16H24N2O/c1-13(15-7-3-2-4-8-15)10-16(19)18-12-14-6-5-9-17-11-14/h2-4,7-8,13-14,17H,5-6,9-12H2,1H3,(H,18,19). The van der Waals surface area contributed by atoms with Crippen molar-refractivity contribution in [1.29, 1.82) is 0 Å². The Balaban J connectivity index is 1.71. The quantitative estimate of drug-likeness (QED) is 0.853. The lowest BCUT2D eigenvalue weighted by Gasteiger charge is -2.23. The summed E-state index contributed by atoms with van der Waals surface area (Å²) < 4.78 is 0. The van der Waals surface area contributed by atoms with Crippen molar-refractivity contribution >= 4 is 5.91 Å². The summed E-state index contributed by atoms with van der Waals surface area (Å²) in [5, 5.41) is 6.45. The zero-order chi connectivity index (χ0) is 13.5. The lowest BCUT2D eigenvalue weighted by atomic mass is 9.97. The molecule has 0 aliphatic carbocycles. The van der Waals surface area contributed by atoms with Crippen LogP contribution in [-0.4, -0.2) is 25.5 Å². The minimum atomic E-state index is 0.168. The van der Waals surface area contributed by atoms with Crippen LogP contribution in [0, 0.1) is 5.92 Å². The van der Waals surface area contributed by atoms with Gasteiger partial charge in [0, 0.05) is 13.0 Å². The molecule has 0 aromatic heterocycles. The summed E-state index contributed by atoms with van der Waals surface area (Å²) in [5.74, 6) is 1.05. The molecule has 2 atom stereocenters. The zero-order valence-corrected chi connectivity index (χ0v) is 11.7. The average Bonchev–Trinajstić information content (AvgIpc) is 2.47. The molecule has 0 spiro atoms. The fourth-order valence-electron chi connectivity index (χ4n) is 2.61. The van der Waals surface area contributed by atoms with Crippen molar-refractivity contribution in [2.75, 3.05) is 19.6 Å². The highest BCUT2D eigenvalue weighted by atomic mass is 16.1. The number of nitrogens with one attached hydrogen (secondary N) is 2. The highest BCUT2D eigenvalue weighted by Crippen LogP contribution is 2.18. The third-order valence-electron chi connectivity index (χ3n) is 3.85. The summed E-state index contributed by atoms with van der Waals surface area (Å²) in [6.07, 6.45) is 3.02. The Bertz CT molecular complexity index is 385. The van der Waals surface area contributed by atoms with Gasteiger partial charge in [0.05, 0.1) is 0 Å². The molecule has 104 valence electrons. The van der Waals surface area contributed by atoms with Crippen molar-refractivity contribution in [3.63, 3.8) is 0 Å². The third kappa shape index (κ3) is 4.67. The van der Waals surface area contributed by atoms with Gasteiger partial charge in [-0.15, -0.1) is 0 Å². The van der Waals surface area contributed by atoms with Crippen LogP contribution in [0.4, 0.5) is 0 Å². The fraction of sp³-hybridized carbons (Fsp3) is 0.562. The molecule has 1 fully saturated rings. The second-order valence-corrected chi connectivity index (χ2v) is 5.53. The minimum Gasteiger partial charge on any atom is -0.356 e. The summed E-state index contributed by atoms with van der Waals surface area (Å²) in [7, 11) is 0. The van der Waals surface area contributed by atoms with Gasteiger partial charge in [-0.1, -0.05) is 37.3 Å². The van der Waals surface area contributed by atoms with Gasteiger partial charge in [-0.05, 0) is 43.3 Å². The lowest BCUT2D eigenvalue weighted by molar-refractivity contribution is -0.121. The molecule has 2 unspecified atom stereocenters. The maximum atomic E-state index is 11.9. The highest BCUT2D eigenvalue weighted by Gasteiger charge is 2.15. The first-order chi connectivity index (χ1) is 9.25. The molecule has 1 aliphatic rings. The molecule has 0 saturated carbocycles. The lowest BCUT2D eigenvalue weighted by Crippen LogP contribution is -2.38. The van der Waals surface area contributed by atoms with Crippen molar-refractivity contribution in [1.82, 2.24) is 10.6 Å². The largest absolute Gasteiger partial charge is 0.356 e. The van der Waals surface area contributed by atoms with E-state index in [0.717, 1.165) is 19.6 Å². The highest BCUT2D eigenvalue weighted by molar-refractivity contribution is 5.76. The van der Waals surface area contributed by atoms with Crippen LogP contribution >= 0.6 is 0 Å². The fourth-order valence-corrected chi connectivity index (χ4v) is 2.61. The molecule has 3 nitrogen and oxygen atoms in total. The molecule has 1 aromatic rings. The second kappa shape index (κ2) is 7.29. The van der Waals surface area contributed by atoms with E-state index in [9.17, 15) is 4.79 Å². The van der Waals surface area contributed by atoms with E-state index >= 15 is 0 Å². The van der Waals surface area contributed by atoms with E-state index in [1.54, 1.807) is 0 Å². The van der Waals surface area contributed by atoms with E-state index < -0.39 is 0 Å². The number of carbonyl (C=O) groups is 1. The van der Waals surface area contributed by atoms with Gasteiger partial charge in [0.1, 0.15) is 0 Å². The summed E-state index contributed by atoms with van der Waals surface area (Å²) in [4.78, 5) is 11.9. The number of rotatable bonds is 5. The first-order valence-corrected chi connectivity index (χ1v) is 7.28. The van der Waals surface area contributed by atoms with Crippen molar-refractivity contribution in [3.8, 4) is 0 Å². The van der Waals surface area contributed by atoms with Crippen molar-refractivity contribution in [3.05, 3.63) is 35.9 Å². The Hall–Kier alpha value is -1.35. The van der Waals surface area contributed by atoms with E-state index in [0.29, 0.717) is 12.3 Å². The van der Waals surface area contributed by atoms with Crippen LogP contribution in [0.3, 0.4) is 0 Å². The van der Waals surface area contributed by atoms with Crippen LogP contribution in [-0.2, 0) is 4.79 Å². The molecule has 1 heterocycles. The van der Waals surface area contributed by atoms with Crippen molar-refractivity contribution in [2.24, 2.45) is 5.92 Å². The molecule has 19 heavy (non-hydrogen) atoms. The summed E-state index contributed by atoms with van der Waals surface area (Å²) >= 11 is 0. The predicted molar refractivity (Wildman–Crippen MR) is 78.1 cm³/mol. The molecule has 1 aliphatic heterocycles. The Morgan fingerprint density at radius 3 is 2.89 bits per heavy atom. The molecule has 1 aromatic carbocycles. The molecule has 0 radical (unpaired) electrons. The zero-order valence-electron chi connectivity index (χ0n) is 11.7. The molecule has 1 amide bonds. The maximum Gasteiger partial charge on any atom is 0.220 e. The van der Waals surface area contributed by atoms with E-state index in [-0.39, 0.29) is 11.8 Å². The average molecular weight is 260 g/mol. The topological polar surface area (TPSA) is 41.1 Å². The van der Waals surface area contributed by atoms with Gasteiger partial charge in [-0.25, -0.2) is 0 Å². The summed E-state index contributed by atoms with van der Waals surface area (Å²) in [6.45, 7) is 5.08. The van der Waals surface area contributed by atoms with Gasteiger partial charge in [0.25, 0.3) is 0 Å². The monoisotopic (exact) mass is 260 g/mol. The molecule has 0 bridgehead atoms. The molecular weight excluding hydrogens is 236 g/mol. The number of benzene rings is 1. The Labute approximate surface area is 115 Å². The number of carbonyl (C=O) groups excluding carboxylic acids is 1. The minimum absolute atomic E-state index is 0.168. The smallest absolute Gasteiger partial charge is 0.220 e. The van der Waals surface area contributed by atoms with Crippen molar-refractivity contribution in [2.45, 2.75) is 32.1 Å². The van der Waals surface area contributed by atoms with E-state index in [4.69, 9.17) is 0 Å². The van der Waals surface area contributed by atoms with E-state index in [1.165, 1.54) is 18.4 Å². The first-order valence-electron chi connectivity index (χ1n) is 7.28. The Kier molecular flexibility index (Phi) is 5.40. The summed E-state index contributed by atoms with van der Waals surface area (Å²) in [6, 6.07) is 10.2. The van der Waals surface area contributed by atoms with Crippen molar-refractivity contribution < 1.29 is 4.79 Å². The normalized spacial score (nSPS) is 20.8.